The number of rotatable bonds is 8. The molecule has 2 fully saturated rings. The normalized spacial score (nSPS) is 16.4. The molecular formula is C20H23FN4O4. The van der Waals surface area contributed by atoms with Crippen LogP contribution in [0.2, 0.25) is 0 Å². The maximum Gasteiger partial charge on any atom is 0.260 e. The summed E-state index contributed by atoms with van der Waals surface area (Å²) >= 11 is 0. The van der Waals surface area contributed by atoms with Gasteiger partial charge < -0.3 is 19.1 Å². The summed E-state index contributed by atoms with van der Waals surface area (Å²) in [7, 11) is 1.80. The highest BCUT2D eigenvalue weighted by Crippen LogP contribution is 2.30. The van der Waals surface area contributed by atoms with E-state index >= 15 is 0 Å². The number of halogens is 1. The molecule has 1 aromatic carbocycles. The van der Waals surface area contributed by atoms with Gasteiger partial charge in [-0.15, -0.1) is 0 Å². The maximum atomic E-state index is 12.9. The van der Waals surface area contributed by atoms with Crippen molar-refractivity contribution < 1.29 is 23.2 Å². The smallest absolute Gasteiger partial charge is 0.260 e. The number of aromatic nitrogens is 2. The van der Waals surface area contributed by atoms with Crippen LogP contribution in [0.15, 0.2) is 28.8 Å². The molecule has 154 valence electrons. The lowest BCUT2D eigenvalue weighted by Crippen LogP contribution is -2.50. The van der Waals surface area contributed by atoms with E-state index in [1.54, 1.807) is 16.8 Å². The fourth-order valence-electron chi connectivity index (χ4n) is 3.16. The average Bonchev–Trinajstić information content (AvgIpc) is 3.43. The second-order valence-electron chi connectivity index (χ2n) is 7.57. The second-order valence-corrected chi connectivity index (χ2v) is 7.57. The minimum Gasteiger partial charge on any atom is -0.484 e. The largest absolute Gasteiger partial charge is 0.484 e. The van der Waals surface area contributed by atoms with Crippen molar-refractivity contribution in [2.45, 2.75) is 25.2 Å². The van der Waals surface area contributed by atoms with Crippen LogP contribution in [0, 0.1) is 11.7 Å². The quantitative estimate of drug-likeness (QED) is 0.667. The van der Waals surface area contributed by atoms with E-state index in [2.05, 4.69) is 10.1 Å². The molecule has 2 amide bonds. The molecule has 8 nitrogen and oxygen atoms in total. The number of likely N-dealkylation sites (N-methyl/N-ethyl adjacent to an activating group) is 1. The van der Waals surface area contributed by atoms with Gasteiger partial charge in [0.2, 0.25) is 11.8 Å². The van der Waals surface area contributed by atoms with Crippen LogP contribution in [-0.2, 0) is 16.0 Å². The first-order chi connectivity index (χ1) is 14.0. The van der Waals surface area contributed by atoms with Gasteiger partial charge in [0.1, 0.15) is 11.6 Å². The molecule has 1 saturated carbocycles. The van der Waals surface area contributed by atoms with E-state index in [0.717, 1.165) is 12.8 Å². The molecule has 2 aromatic rings. The topological polar surface area (TPSA) is 88.8 Å². The first-order valence-corrected chi connectivity index (χ1v) is 9.73. The number of likely N-dealkylation sites (tertiary alicyclic amines) is 1. The Hall–Kier alpha value is -2.97. The number of hydrogen-bond acceptors (Lipinski definition) is 6. The number of ether oxygens (including phenoxy) is 1. The van der Waals surface area contributed by atoms with Crippen LogP contribution in [0.5, 0.6) is 5.75 Å². The Labute approximate surface area is 167 Å². The highest BCUT2D eigenvalue weighted by molar-refractivity contribution is 5.80. The Bertz CT molecular complexity index is 875. The van der Waals surface area contributed by atoms with Crippen LogP contribution in [0.1, 0.15) is 30.5 Å². The number of benzene rings is 1. The number of nitrogens with zero attached hydrogens (tertiary/aromatic N) is 4. The third kappa shape index (κ3) is 4.72. The molecule has 0 spiro atoms. The first kappa shape index (κ1) is 19.4. The van der Waals surface area contributed by atoms with Gasteiger partial charge in [0.25, 0.3) is 5.91 Å². The van der Waals surface area contributed by atoms with Gasteiger partial charge in [-0.2, -0.15) is 4.98 Å². The highest BCUT2D eigenvalue weighted by atomic mass is 19.1. The Morgan fingerprint density at radius 1 is 1.28 bits per heavy atom. The minimum atomic E-state index is -0.352. The summed E-state index contributed by atoms with van der Waals surface area (Å²) in [4.78, 5) is 31.9. The van der Waals surface area contributed by atoms with Gasteiger partial charge in [-0.3, -0.25) is 9.59 Å². The predicted octanol–water partition coefficient (Wildman–Crippen LogP) is 1.62. The maximum absolute atomic E-state index is 12.9. The zero-order valence-corrected chi connectivity index (χ0v) is 16.2. The van der Waals surface area contributed by atoms with Gasteiger partial charge >= 0.3 is 0 Å². The fourth-order valence-corrected chi connectivity index (χ4v) is 3.16. The lowest BCUT2D eigenvalue weighted by Gasteiger charge is -2.36. The fraction of sp³-hybridized carbons (Fsp3) is 0.500. The zero-order valence-electron chi connectivity index (χ0n) is 16.2. The van der Waals surface area contributed by atoms with Crippen LogP contribution >= 0.6 is 0 Å². The lowest BCUT2D eigenvalue weighted by molar-refractivity contribution is -0.138. The van der Waals surface area contributed by atoms with Gasteiger partial charge in [-0.05, 0) is 37.1 Å². The van der Waals surface area contributed by atoms with Crippen LogP contribution in [0.4, 0.5) is 4.39 Å². The number of hydrogen-bond donors (Lipinski definition) is 0. The summed E-state index contributed by atoms with van der Waals surface area (Å²) in [5.41, 5.74) is 0. The third-order valence-electron chi connectivity index (χ3n) is 5.22. The van der Waals surface area contributed by atoms with E-state index < -0.39 is 0 Å². The molecule has 1 aliphatic heterocycles. The van der Waals surface area contributed by atoms with Gasteiger partial charge in [0, 0.05) is 39.0 Å². The van der Waals surface area contributed by atoms with Crippen molar-refractivity contribution in [1.82, 2.24) is 19.9 Å². The van der Waals surface area contributed by atoms with Crippen LogP contribution in [0.3, 0.4) is 0 Å². The second kappa shape index (κ2) is 8.18. The lowest BCUT2D eigenvalue weighted by atomic mass is 10.0. The molecule has 1 saturated heterocycles. The van der Waals surface area contributed by atoms with Crippen LogP contribution in [0.25, 0.3) is 0 Å². The Morgan fingerprint density at radius 3 is 2.69 bits per heavy atom. The molecule has 1 aromatic heterocycles. The first-order valence-electron chi connectivity index (χ1n) is 9.73. The van der Waals surface area contributed by atoms with Gasteiger partial charge in [-0.25, -0.2) is 4.39 Å². The molecule has 0 N–H and O–H groups in total. The number of carbonyl (C=O) groups is 2. The monoisotopic (exact) mass is 402 g/mol. The standard InChI is InChI=1S/C20H23FN4O4/c1-24(20(27)13-2-3-13)9-8-17-22-19(29-23-17)14-10-25(11-14)18(26)12-28-16-6-4-15(21)5-7-16/h4-7,13-14H,2-3,8-12H2,1H3. The van der Waals surface area contributed by atoms with Crippen molar-refractivity contribution >= 4 is 11.8 Å². The summed E-state index contributed by atoms with van der Waals surface area (Å²) in [5, 5.41) is 3.98. The van der Waals surface area contributed by atoms with Crippen molar-refractivity contribution in [3.8, 4) is 5.75 Å². The summed E-state index contributed by atoms with van der Waals surface area (Å²) in [6.45, 7) is 1.44. The number of amides is 2. The summed E-state index contributed by atoms with van der Waals surface area (Å²) in [6.07, 6.45) is 2.52. The molecule has 29 heavy (non-hydrogen) atoms. The molecule has 9 heteroatoms. The van der Waals surface area contributed by atoms with E-state index in [0.29, 0.717) is 43.5 Å². The SMILES string of the molecule is CN(CCc1noc(C2CN(C(=O)COc3ccc(F)cc3)C2)n1)C(=O)C1CC1. The Morgan fingerprint density at radius 2 is 2.00 bits per heavy atom. The highest BCUT2D eigenvalue weighted by Gasteiger charge is 2.36. The molecule has 0 unspecified atom stereocenters. The van der Waals surface area contributed by atoms with Crippen molar-refractivity contribution in [2.75, 3.05) is 33.3 Å². The Kier molecular flexibility index (Phi) is 5.46. The summed E-state index contributed by atoms with van der Waals surface area (Å²) in [6, 6.07) is 5.53. The van der Waals surface area contributed by atoms with Gasteiger partial charge in [0.05, 0.1) is 5.92 Å². The van der Waals surface area contributed by atoms with Crippen LogP contribution in [-0.4, -0.2) is 65.0 Å². The van der Waals surface area contributed by atoms with Gasteiger partial charge in [-0.1, -0.05) is 5.16 Å². The number of carbonyl (C=O) groups excluding carboxylic acids is 2. The molecule has 0 radical (unpaired) electrons. The van der Waals surface area contributed by atoms with Crippen molar-refractivity contribution in [3.05, 3.63) is 41.8 Å². The minimum absolute atomic E-state index is 0.0110. The van der Waals surface area contributed by atoms with E-state index in [9.17, 15) is 14.0 Å². The van der Waals surface area contributed by atoms with Crippen LogP contribution < -0.4 is 4.74 Å². The van der Waals surface area contributed by atoms with E-state index in [4.69, 9.17) is 9.26 Å². The van der Waals surface area contributed by atoms with E-state index in [1.807, 2.05) is 0 Å². The third-order valence-corrected chi connectivity index (χ3v) is 5.22. The van der Waals surface area contributed by atoms with Crippen molar-refractivity contribution in [1.29, 1.82) is 0 Å². The summed E-state index contributed by atoms with van der Waals surface area (Å²) in [5.74, 6) is 1.43. The molecule has 4 rings (SSSR count). The summed E-state index contributed by atoms with van der Waals surface area (Å²) < 4.78 is 23.6. The molecule has 0 bridgehead atoms. The molecular weight excluding hydrogens is 379 g/mol. The van der Waals surface area contributed by atoms with E-state index in [1.165, 1.54) is 24.3 Å². The average molecular weight is 402 g/mol. The zero-order chi connectivity index (χ0) is 20.4. The Balaban J connectivity index is 1.19. The molecule has 2 heterocycles. The van der Waals surface area contributed by atoms with E-state index in [-0.39, 0.29) is 36.1 Å². The van der Waals surface area contributed by atoms with Crippen molar-refractivity contribution in [3.63, 3.8) is 0 Å². The van der Waals surface area contributed by atoms with Gasteiger partial charge in [0.15, 0.2) is 12.4 Å². The van der Waals surface area contributed by atoms with Crippen molar-refractivity contribution in [2.24, 2.45) is 5.92 Å². The molecule has 0 atom stereocenters. The molecule has 2 aliphatic rings. The molecule has 1 aliphatic carbocycles. The predicted molar refractivity (Wildman–Crippen MR) is 99.6 cm³/mol.